The van der Waals surface area contributed by atoms with E-state index < -0.39 is 35.6 Å². The quantitative estimate of drug-likeness (QED) is 0.656. The number of amides is 6. The number of carbonyl (C=O) groups is 4. The van der Waals surface area contributed by atoms with Crippen molar-refractivity contribution in [2.24, 2.45) is 5.92 Å². The van der Waals surface area contributed by atoms with Crippen LogP contribution >= 0.6 is 0 Å². The third kappa shape index (κ3) is 3.68. The molecule has 1 heterocycles. The van der Waals surface area contributed by atoms with Crippen LogP contribution in [0.3, 0.4) is 0 Å². The van der Waals surface area contributed by atoms with E-state index in [0.717, 1.165) is 24.2 Å². The van der Waals surface area contributed by atoms with E-state index >= 15 is 0 Å². The molecule has 0 aromatic heterocycles. The van der Waals surface area contributed by atoms with Crippen molar-refractivity contribution in [2.45, 2.75) is 64.5 Å². The van der Waals surface area contributed by atoms with Gasteiger partial charge in [-0.2, -0.15) is 0 Å². The third-order valence-corrected chi connectivity index (χ3v) is 4.54. The fourth-order valence-corrected chi connectivity index (χ4v) is 3.32. The van der Waals surface area contributed by atoms with Crippen LogP contribution in [0.15, 0.2) is 0 Å². The summed E-state index contributed by atoms with van der Waals surface area (Å²) >= 11 is 0. The van der Waals surface area contributed by atoms with E-state index in [1.54, 1.807) is 20.8 Å². The Morgan fingerprint density at radius 1 is 1.29 bits per heavy atom. The van der Waals surface area contributed by atoms with Gasteiger partial charge in [0, 0.05) is 5.54 Å². The van der Waals surface area contributed by atoms with Gasteiger partial charge < -0.3 is 10.6 Å². The third-order valence-electron chi connectivity index (χ3n) is 4.54. The number of hydrogen-bond acceptors (Lipinski definition) is 4. The van der Waals surface area contributed by atoms with Gasteiger partial charge in [-0.05, 0) is 39.5 Å². The summed E-state index contributed by atoms with van der Waals surface area (Å²) in [7, 11) is 0. The average Bonchev–Trinajstić information content (AvgIpc) is 2.65. The van der Waals surface area contributed by atoms with Gasteiger partial charge in [-0.1, -0.05) is 19.8 Å². The number of hydrogen-bond donors (Lipinski definition) is 3. The molecule has 2 fully saturated rings. The second-order valence-corrected chi connectivity index (χ2v) is 7.69. The SMILES string of the molecule is CC1CCCCC12NC(=O)N(CC(=O)NC(=O)NC(C)(C)C)C2=O. The molecule has 0 aromatic carbocycles. The summed E-state index contributed by atoms with van der Waals surface area (Å²) in [6.45, 7) is 6.82. The molecule has 1 spiro atoms. The summed E-state index contributed by atoms with van der Waals surface area (Å²) in [4.78, 5) is 49.5. The van der Waals surface area contributed by atoms with Gasteiger partial charge in [0.25, 0.3) is 5.91 Å². The standard InChI is InChI=1S/C16H26N4O4/c1-10-7-5-6-8-16(10)12(22)20(14(24)19-16)9-11(21)17-13(23)18-15(2,3)4/h10H,5-9H2,1-4H3,(H,19,24)(H2,17,18,21,23). The van der Waals surface area contributed by atoms with Crippen LogP contribution in [-0.2, 0) is 9.59 Å². The second kappa shape index (κ2) is 6.41. The molecule has 1 aliphatic heterocycles. The van der Waals surface area contributed by atoms with Crippen molar-refractivity contribution in [3.05, 3.63) is 0 Å². The van der Waals surface area contributed by atoms with E-state index in [0.29, 0.717) is 6.42 Å². The van der Waals surface area contributed by atoms with E-state index in [-0.39, 0.29) is 11.8 Å². The molecule has 2 unspecified atom stereocenters. The predicted molar refractivity (Wildman–Crippen MR) is 87.0 cm³/mol. The lowest BCUT2D eigenvalue weighted by molar-refractivity contribution is -0.137. The zero-order valence-electron chi connectivity index (χ0n) is 14.7. The first-order valence-electron chi connectivity index (χ1n) is 8.31. The minimum atomic E-state index is -0.900. The van der Waals surface area contributed by atoms with Gasteiger partial charge in [-0.3, -0.25) is 19.8 Å². The highest BCUT2D eigenvalue weighted by Gasteiger charge is 2.55. The number of nitrogens with zero attached hydrogens (tertiary/aromatic N) is 1. The Labute approximate surface area is 141 Å². The van der Waals surface area contributed by atoms with Crippen LogP contribution in [0.5, 0.6) is 0 Å². The van der Waals surface area contributed by atoms with Crippen molar-refractivity contribution < 1.29 is 19.2 Å². The van der Waals surface area contributed by atoms with Gasteiger partial charge in [0.1, 0.15) is 12.1 Å². The fourth-order valence-electron chi connectivity index (χ4n) is 3.32. The van der Waals surface area contributed by atoms with Crippen LogP contribution in [0, 0.1) is 5.92 Å². The highest BCUT2D eigenvalue weighted by molar-refractivity contribution is 6.10. The Balaban J connectivity index is 2.00. The molecule has 1 aliphatic carbocycles. The number of carbonyl (C=O) groups excluding carboxylic acids is 4. The van der Waals surface area contributed by atoms with Crippen LogP contribution < -0.4 is 16.0 Å². The molecule has 0 aromatic rings. The molecule has 8 heteroatoms. The Hall–Kier alpha value is -2.12. The first kappa shape index (κ1) is 18.2. The minimum Gasteiger partial charge on any atom is -0.333 e. The number of rotatable bonds is 2. The molecule has 0 bridgehead atoms. The maximum absolute atomic E-state index is 12.7. The molecule has 8 nitrogen and oxygen atoms in total. The van der Waals surface area contributed by atoms with Gasteiger partial charge in [-0.15, -0.1) is 0 Å². The molecular weight excluding hydrogens is 312 g/mol. The molecule has 24 heavy (non-hydrogen) atoms. The zero-order chi connectivity index (χ0) is 18.1. The molecule has 1 saturated carbocycles. The lowest BCUT2D eigenvalue weighted by Crippen LogP contribution is -2.54. The van der Waals surface area contributed by atoms with Crippen LogP contribution in [0.25, 0.3) is 0 Å². The summed E-state index contributed by atoms with van der Waals surface area (Å²) in [5, 5.41) is 7.50. The Morgan fingerprint density at radius 2 is 1.96 bits per heavy atom. The van der Waals surface area contributed by atoms with Crippen molar-refractivity contribution in [3.63, 3.8) is 0 Å². The van der Waals surface area contributed by atoms with Crippen molar-refractivity contribution in [1.29, 1.82) is 0 Å². The first-order chi connectivity index (χ1) is 11.0. The van der Waals surface area contributed by atoms with E-state index in [4.69, 9.17) is 0 Å². The molecule has 3 N–H and O–H groups in total. The summed E-state index contributed by atoms with van der Waals surface area (Å²) in [5.41, 5.74) is -1.39. The number of urea groups is 2. The molecule has 6 amide bonds. The highest BCUT2D eigenvalue weighted by atomic mass is 16.2. The maximum atomic E-state index is 12.7. The summed E-state index contributed by atoms with van der Waals surface area (Å²) in [6.07, 6.45) is 3.34. The van der Waals surface area contributed by atoms with Crippen molar-refractivity contribution >= 4 is 23.9 Å². The molecule has 0 radical (unpaired) electrons. The van der Waals surface area contributed by atoms with Gasteiger partial charge in [0.05, 0.1) is 0 Å². The van der Waals surface area contributed by atoms with Crippen LogP contribution in [0.4, 0.5) is 9.59 Å². The van der Waals surface area contributed by atoms with Crippen LogP contribution in [0.2, 0.25) is 0 Å². The van der Waals surface area contributed by atoms with Crippen molar-refractivity contribution in [1.82, 2.24) is 20.9 Å². The Kier molecular flexibility index (Phi) is 4.87. The van der Waals surface area contributed by atoms with E-state index in [1.165, 1.54) is 0 Å². The number of nitrogens with one attached hydrogen (secondary N) is 3. The second-order valence-electron chi connectivity index (χ2n) is 7.69. The molecule has 2 aliphatic rings. The molecule has 2 atom stereocenters. The average molecular weight is 338 g/mol. The largest absolute Gasteiger partial charge is 0.333 e. The monoisotopic (exact) mass is 338 g/mol. The van der Waals surface area contributed by atoms with Gasteiger partial charge in [0.15, 0.2) is 0 Å². The summed E-state index contributed by atoms with van der Waals surface area (Å²) in [5.74, 6) is -1.04. The van der Waals surface area contributed by atoms with E-state index in [9.17, 15) is 19.2 Å². The minimum absolute atomic E-state index is 0.0277. The number of imide groups is 2. The van der Waals surface area contributed by atoms with E-state index in [1.807, 2.05) is 6.92 Å². The van der Waals surface area contributed by atoms with Gasteiger partial charge >= 0.3 is 12.1 Å². The molecule has 134 valence electrons. The molecule has 1 saturated heterocycles. The van der Waals surface area contributed by atoms with Crippen molar-refractivity contribution in [3.8, 4) is 0 Å². The lowest BCUT2D eigenvalue weighted by atomic mass is 9.73. The maximum Gasteiger partial charge on any atom is 0.325 e. The first-order valence-corrected chi connectivity index (χ1v) is 8.31. The van der Waals surface area contributed by atoms with Crippen molar-refractivity contribution in [2.75, 3.05) is 6.54 Å². The fraction of sp³-hybridized carbons (Fsp3) is 0.750. The Morgan fingerprint density at radius 3 is 2.54 bits per heavy atom. The smallest absolute Gasteiger partial charge is 0.325 e. The van der Waals surface area contributed by atoms with Crippen LogP contribution in [-0.4, -0.2) is 46.4 Å². The summed E-state index contributed by atoms with van der Waals surface area (Å²) in [6, 6.07) is -1.22. The van der Waals surface area contributed by atoms with Gasteiger partial charge in [-0.25, -0.2) is 9.59 Å². The normalized spacial score (nSPS) is 27.2. The molecule has 2 rings (SSSR count). The Bertz CT molecular complexity index is 569. The van der Waals surface area contributed by atoms with Crippen LogP contribution in [0.1, 0.15) is 53.4 Å². The lowest BCUT2D eigenvalue weighted by Gasteiger charge is -2.36. The molecular formula is C16H26N4O4. The zero-order valence-corrected chi connectivity index (χ0v) is 14.7. The topological polar surface area (TPSA) is 108 Å². The van der Waals surface area contributed by atoms with Gasteiger partial charge in [0.2, 0.25) is 5.91 Å². The predicted octanol–water partition coefficient (Wildman–Crippen LogP) is 1.11. The highest BCUT2D eigenvalue weighted by Crippen LogP contribution is 2.38. The van der Waals surface area contributed by atoms with E-state index in [2.05, 4.69) is 16.0 Å². The summed E-state index contributed by atoms with van der Waals surface area (Å²) < 4.78 is 0.